The van der Waals surface area contributed by atoms with E-state index in [4.69, 9.17) is 0 Å². The van der Waals surface area contributed by atoms with Crippen LogP contribution < -0.4 is 5.32 Å². The average Bonchev–Trinajstić information content (AvgIpc) is 3.16. The Bertz CT molecular complexity index is 704. The lowest BCUT2D eigenvalue weighted by molar-refractivity contribution is 0.755. The molecule has 3 heterocycles. The fourth-order valence-corrected chi connectivity index (χ4v) is 3.07. The zero-order valence-electron chi connectivity index (χ0n) is 12.0. The molecule has 0 aliphatic rings. The van der Waals surface area contributed by atoms with Gasteiger partial charge in [0.05, 0.1) is 18.4 Å². The van der Waals surface area contributed by atoms with Gasteiger partial charge in [-0.3, -0.25) is 9.55 Å². The predicted octanol–water partition coefficient (Wildman–Crippen LogP) is 3.60. The van der Waals surface area contributed by atoms with Gasteiger partial charge in [-0.15, -0.1) is 11.3 Å². The second-order valence-corrected chi connectivity index (χ2v) is 5.71. The number of aromatic nitrogens is 4. The van der Waals surface area contributed by atoms with Crippen LogP contribution in [0.3, 0.4) is 0 Å². The standard InChI is InChI=1S/C15H17N5S/c1-3-12(13-5-4-8-21-13)18-14-9-16-10-15(19-14)20-7-6-17-11(20)2/h4-10,12H,3H2,1-2H3,(H,18,19)/t12-/m1/s1. The first kappa shape index (κ1) is 13.8. The van der Waals surface area contributed by atoms with Gasteiger partial charge < -0.3 is 5.32 Å². The minimum absolute atomic E-state index is 0.262. The average molecular weight is 299 g/mol. The molecule has 3 rings (SSSR count). The van der Waals surface area contributed by atoms with Crippen LogP contribution in [0.2, 0.25) is 0 Å². The summed E-state index contributed by atoms with van der Waals surface area (Å²) in [5.41, 5.74) is 0. The summed E-state index contributed by atoms with van der Waals surface area (Å²) < 4.78 is 1.92. The number of hydrogen-bond acceptors (Lipinski definition) is 5. The minimum Gasteiger partial charge on any atom is -0.361 e. The summed E-state index contributed by atoms with van der Waals surface area (Å²) in [5.74, 6) is 2.45. The van der Waals surface area contributed by atoms with Crippen molar-refractivity contribution in [1.82, 2.24) is 19.5 Å². The van der Waals surface area contributed by atoms with E-state index in [1.54, 1.807) is 29.9 Å². The van der Waals surface area contributed by atoms with E-state index >= 15 is 0 Å². The Kier molecular flexibility index (Phi) is 3.96. The number of nitrogens with one attached hydrogen (secondary N) is 1. The van der Waals surface area contributed by atoms with Gasteiger partial charge >= 0.3 is 0 Å². The second kappa shape index (κ2) is 6.05. The summed E-state index contributed by atoms with van der Waals surface area (Å²) in [6.07, 6.45) is 8.14. The number of aryl methyl sites for hydroxylation is 1. The number of imidazole rings is 1. The van der Waals surface area contributed by atoms with Crippen LogP contribution in [0.15, 0.2) is 42.3 Å². The highest BCUT2D eigenvalue weighted by Gasteiger charge is 2.12. The van der Waals surface area contributed by atoms with Crippen LogP contribution >= 0.6 is 11.3 Å². The normalized spacial score (nSPS) is 12.3. The van der Waals surface area contributed by atoms with Crippen LogP contribution in [0.25, 0.3) is 5.82 Å². The van der Waals surface area contributed by atoms with Gasteiger partial charge in [0.25, 0.3) is 0 Å². The molecule has 1 atom stereocenters. The topological polar surface area (TPSA) is 55.6 Å². The molecular weight excluding hydrogens is 282 g/mol. The van der Waals surface area contributed by atoms with E-state index in [1.165, 1.54) is 4.88 Å². The maximum Gasteiger partial charge on any atom is 0.159 e. The SMILES string of the molecule is CC[C@@H](Nc1cncc(-n2ccnc2C)n1)c1cccs1. The van der Waals surface area contributed by atoms with Gasteiger partial charge in [-0.05, 0) is 24.8 Å². The largest absolute Gasteiger partial charge is 0.361 e. The molecule has 3 aromatic rings. The molecule has 0 spiro atoms. The van der Waals surface area contributed by atoms with Gasteiger partial charge in [-0.2, -0.15) is 0 Å². The summed E-state index contributed by atoms with van der Waals surface area (Å²) >= 11 is 1.75. The van der Waals surface area contributed by atoms with Crippen LogP contribution in [0.5, 0.6) is 0 Å². The highest BCUT2D eigenvalue weighted by atomic mass is 32.1. The highest BCUT2D eigenvalue weighted by Crippen LogP contribution is 2.25. The molecule has 3 aromatic heterocycles. The fraction of sp³-hybridized carbons (Fsp3) is 0.267. The predicted molar refractivity (Wildman–Crippen MR) is 84.9 cm³/mol. The zero-order valence-corrected chi connectivity index (χ0v) is 12.8. The van der Waals surface area contributed by atoms with Crippen molar-refractivity contribution in [3.8, 4) is 5.82 Å². The van der Waals surface area contributed by atoms with Crippen molar-refractivity contribution in [3.63, 3.8) is 0 Å². The molecule has 0 fully saturated rings. The van der Waals surface area contributed by atoms with E-state index in [2.05, 4.69) is 44.7 Å². The molecule has 108 valence electrons. The molecule has 1 N–H and O–H groups in total. The summed E-state index contributed by atoms with van der Waals surface area (Å²) in [6, 6.07) is 4.48. The summed E-state index contributed by atoms with van der Waals surface area (Å²) in [4.78, 5) is 14.4. The van der Waals surface area contributed by atoms with E-state index in [0.29, 0.717) is 0 Å². The van der Waals surface area contributed by atoms with Crippen molar-refractivity contribution in [2.75, 3.05) is 5.32 Å². The monoisotopic (exact) mass is 299 g/mol. The van der Waals surface area contributed by atoms with E-state index in [-0.39, 0.29) is 6.04 Å². The second-order valence-electron chi connectivity index (χ2n) is 4.73. The van der Waals surface area contributed by atoms with Crippen molar-refractivity contribution < 1.29 is 0 Å². The highest BCUT2D eigenvalue weighted by molar-refractivity contribution is 7.10. The molecular formula is C15H17N5S. The van der Waals surface area contributed by atoms with E-state index in [0.717, 1.165) is 23.9 Å². The first-order valence-corrected chi connectivity index (χ1v) is 7.78. The number of rotatable bonds is 5. The Morgan fingerprint density at radius 3 is 2.95 bits per heavy atom. The molecule has 0 aromatic carbocycles. The summed E-state index contributed by atoms with van der Waals surface area (Å²) in [7, 11) is 0. The lowest BCUT2D eigenvalue weighted by Crippen LogP contribution is -2.11. The van der Waals surface area contributed by atoms with Crippen LogP contribution in [0.4, 0.5) is 5.82 Å². The van der Waals surface area contributed by atoms with Crippen LogP contribution in [-0.2, 0) is 0 Å². The van der Waals surface area contributed by atoms with Crippen molar-refractivity contribution >= 4 is 17.2 Å². The molecule has 0 radical (unpaired) electrons. The molecule has 21 heavy (non-hydrogen) atoms. The third-order valence-corrected chi connectivity index (χ3v) is 4.30. The molecule has 0 bridgehead atoms. The van der Waals surface area contributed by atoms with Gasteiger partial charge in [0.1, 0.15) is 11.6 Å². The van der Waals surface area contributed by atoms with Gasteiger partial charge in [0.2, 0.25) is 0 Å². The lowest BCUT2D eigenvalue weighted by Gasteiger charge is -2.16. The van der Waals surface area contributed by atoms with Gasteiger partial charge in [0, 0.05) is 17.3 Å². The number of nitrogens with zero attached hydrogens (tertiary/aromatic N) is 4. The summed E-state index contributed by atoms with van der Waals surface area (Å²) in [5, 5.41) is 5.55. The molecule has 0 unspecified atom stereocenters. The Morgan fingerprint density at radius 1 is 1.38 bits per heavy atom. The number of hydrogen-bond donors (Lipinski definition) is 1. The number of anilines is 1. The Hall–Kier alpha value is -2.21. The van der Waals surface area contributed by atoms with Crippen molar-refractivity contribution in [2.45, 2.75) is 26.3 Å². The fourth-order valence-electron chi connectivity index (χ4n) is 2.20. The van der Waals surface area contributed by atoms with Crippen LogP contribution in [0.1, 0.15) is 30.1 Å². The third-order valence-electron chi connectivity index (χ3n) is 3.31. The van der Waals surface area contributed by atoms with Crippen molar-refractivity contribution in [3.05, 3.63) is 53.0 Å². The quantitative estimate of drug-likeness (QED) is 0.782. The van der Waals surface area contributed by atoms with Gasteiger partial charge in [0.15, 0.2) is 5.82 Å². The zero-order chi connectivity index (χ0) is 14.7. The molecule has 0 amide bonds. The van der Waals surface area contributed by atoms with Crippen LogP contribution in [0, 0.1) is 6.92 Å². The molecule has 5 nitrogen and oxygen atoms in total. The van der Waals surface area contributed by atoms with Crippen molar-refractivity contribution in [2.24, 2.45) is 0 Å². The molecule has 6 heteroatoms. The third kappa shape index (κ3) is 2.95. The first-order chi connectivity index (χ1) is 10.3. The van der Waals surface area contributed by atoms with E-state index < -0.39 is 0 Å². The molecule has 0 saturated carbocycles. The van der Waals surface area contributed by atoms with Gasteiger partial charge in [-0.1, -0.05) is 13.0 Å². The van der Waals surface area contributed by atoms with E-state index in [9.17, 15) is 0 Å². The smallest absolute Gasteiger partial charge is 0.159 e. The maximum absolute atomic E-state index is 4.63. The van der Waals surface area contributed by atoms with E-state index in [1.807, 2.05) is 17.7 Å². The lowest BCUT2D eigenvalue weighted by atomic mass is 10.2. The molecule has 0 aliphatic heterocycles. The Morgan fingerprint density at radius 2 is 2.29 bits per heavy atom. The maximum atomic E-state index is 4.63. The Balaban J connectivity index is 1.85. The summed E-state index contributed by atoms with van der Waals surface area (Å²) in [6.45, 7) is 4.11. The minimum atomic E-state index is 0.262. The number of thiophene rings is 1. The molecule has 0 saturated heterocycles. The van der Waals surface area contributed by atoms with Gasteiger partial charge in [-0.25, -0.2) is 9.97 Å². The van der Waals surface area contributed by atoms with Crippen LogP contribution in [-0.4, -0.2) is 19.5 Å². The first-order valence-electron chi connectivity index (χ1n) is 6.90. The Labute approximate surface area is 127 Å². The molecule has 0 aliphatic carbocycles. The van der Waals surface area contributed by atoms with Crippen molar-refractivity contribution in [1.29, 1.82) is 0 Å².